The van der Waals surface area contributed by atoms with Crippen molar-refractivity contribution >= 4 is 22.3 Å². The van der Waals surface area contributed by atoms with Crippen molar-refractivity contribution in [2.75, 3.05) is 0 Å². The molecule has 0 fully saturated rings. The van der Waals surface area contributed by atoms with Crippen LogP contribution in [0.3, 0.4) is 0 Å². The van der Waals surface area contributed by atoms with E-state index < -0.39 is 174 Å². The zero-order valence-electron chi connectivity index (χ0n) is 23.0. The van der Waals surface area contributed by atoms with E-state index in [0.717, 1.165) is 0 Å². The molecule has 0 saturated carbocycles. The van der Waals surface area contributed by atoms with Gasteiger partial charge in [0.25, 0.3) is 0 Å². The topological polar surface area (TPSA) is 0 Å². The summed E-state index contributed by atoms with van der Waals surface area (Å²) < 4.78 is 291. The second kappa shape index (κ2) is 12.4. The number of benzene rings is 4. The van der Waals surface area contributed by atoms with Crippen molar-refractivity contribution in [2.45, 2.75) is 12.8 Å². The Balaban J connectivity index is 2.07. The Kier molecular flexibility index (Phi) is 8.97. The summed E-state index contributed by atoms with van der Waals surface area (Å²) in [7, 11) is 0. The van der Waals surface area contributed by atoms with E-state index in [0.29, 0.717) is 0 Å². The molecule has 0 saturated heterocycles. The van der Waals surface area contributed by atoms with Crippen LogP contribution in [0.2, 0.25) is 0 Å². The van der Waals surface area contributed by atoms with Crippen molar-refractivity contribution in [3.8, 4) is 0 Å². The Bertz CT molecular complexity index is 1830. The van der Waals surface area contributed by atoms with Crippen molar-refractivity contribution in [1.29, 1.82) is 0 Å². The third kappa shape index (κ3) is 5.00. The highest BCUT2D eigenvalue weighted by atomic mass is 19.2. The van der Waals surface area contributed by atoms with E-state index >= 15 is 35.1 Å². The highest BCUT2D eigenvalue weighted by Gasteiger charge is 2.41. The van der Waals surface area contributed by atoms with Crippen LogP contribution >= 0.6 is 0 Å². The summed E-state index contributed by atoms with van der Waals surface area (Å²) in [5.74, 6) is -59.2. The minimum Gasteiger partial charge on any atom is -0.203 e. The van der Waals surface area contributed by atoms with Gasteiger partial charge in [-0.15, -0.1) is 0 Å². The Morgan fingerprint density at radius 1 is 0.160 bits per heavy atom. The van der Waals surface area contributed by atoms with Crippen molar-refractivity contribution in [3.63, 3.8) is 0 Å². The fourth-order valence-corrected chi connectivity index (χ4v) is 5.22. The minimum atomic E-state index is -2.99. The van der Waals surface area contributed by atoms with E-state index in [2.05, 4.69) is 0 Å². The van der Waals surface area contributed by atoms with Crippen LogP contribution < -0.4 is 0 Å². The molecule has 0 nitrogen and oxygen atoms in total. The molecule has 50 heavy (non-hydrogen) atoms. The van der Waals surface area contributed by atoms with Crippen molar-refractivity contribution in [1.82, 2.24) is 0 Å². The normalized spacial score (nSPS) is 13.7. The Labute approximate surface area is 262 Å². The van der Waals surface area contributed by atoms with Gasteiger partial charge in [-0.05, 0) is 35.1 Å². The molecule has 0 unspecified atom stereocenters. The summed E-state index contributed by atoms with van der Waals surface area (Å²) in [6.07, 6.45) is -4.58. The summed E-state index contributed by atoms with van der Waals surface area (Å²) in [6, 6.07) is 0. The summed E-state index contributed by atoms with van der Waals surface area (Å²) in [6.45, 7) is 0. The zero-order valence-corrected chi connectivity index (χ0v) is 23.0. The summed E-state index contributed by atoms with van der Waals surface area (Å²) >= 11 is 0. The lowest BCUT2D eigenvalue weighted by molar-refractivity contribution is 0.374. The SMILES string of the molecule is Fc1c(F)c(F)c(C2=C(c3c(F)c(F)c(F)c(F)c3F)CC(c3c(F)c(F)c(F)c(F)c3F)=C(c3c(F)c(F)c(F)c(F)c3F)C2)c(F)c1F. The quantitative estimate of drug-likeness (QED) is 0.111. The Hall–Kier alpha value is -5.04. The van der Waals surface area contributed by atoms with E-state index in [1.807, 2.05) is 0 Å². The van der Waals surface area contributed by atoms with Crippen LogP contribution in [-0.4, -0.2) is 0 Å². The molecule has 0 N–H and O–H groups in total. The number of halogens is 20. The van der Waals surface area contributed by atoms with Crippen LogP contribution in [0.4, 0.5) is 87.8 Å². The average Bonchev–Trinajstić information content (AvgIpc) is 3.09. The molecular formula is C30H4F20. The summed E-state index contributed by atoms with van der Waals surface area (Å²) in [5.41, 5.74) is -17.6. The van der Waals surface area contributed by atoms with Gasteiger partial charge in [-0.25, -0.2) is 87.8 Å². The van der Waals surface area contributed by atoms with Crippen molar-refractivity contribution in [3.05, 3.63) is 139 Å². The fourth-order valence-electron chi connectivity index (χ4n) is 5.22. The first-order chi connectivity index (χ1) is 23.2. The van der Waals surface area contributed by atoms with E-state index in [1.165, 1.54) is 0 Å². The molecule has 1 aliphatic carbocycles. The van der Waals surface area contributed by atoms with Gasteiger partial charge in [-0.2, -0.15) is 0 Å². The van der Waals surface area contributed by atoms with Crippen LogP contribution in [0.1, 0.15) is 35.1 Å². The lowest BCUT2D eigenvalue weighted by Crippen LogP contribution is -2.17. The third-order valence-corrected chi connectivity index (χ3v) is 7.48. The number of hydrogen-bond acceptors (Lipinski definition) is 0. The van der Waals surface area contributed by atoms with Crippen LogP contribution in [0.15, 0.2) is 0 Å². The maximum atomic E-state index is 15.1. The summed E-state index contributed by atoms with van der Waals surface area (Å²) in [4.78, 5) is 0. The molecule has 1 aliphatic rings. The molecule has 20 heteroatoms. The largest absolute Gasteiger partial charge is 0.203 e. The molecule has 4 aromatic carbocycles. The Morgan fingerprint density at radius 3 is 0.380 bits per heavy atom. The van der Waals surface area contributed by atoms with Gasteiger partial charge in [-0.1, -0.05) is 0 Å². The first-order valence-electron chi connectivity index (χ1n) is 12.7. The molecule has 5 rings (SSSR count). The van der Waals surface area contributed by atoms with Gasteiger partial charge >= 0.3 is 0 Å². The van der Waals surface area contributed by atoms with Crippen molar-refractivity contribution < 1.29 is 87.8 Å². The van der Waals surface area contributed by atoms with Gasteiger partial charge in [0.15, 0.2) is 93.1 Å². The second-order valence-electron chi connectivity index (χ2n) is 10.0. The van der Waals surface area contributed by atoms with Crippen molar-refractivity contribution in [2.24, 2.45) is 0 Å². The number of rotatable bonds is 4. The predicted molar refractivity (Wildman–Crippen MR) is 128 cm³/mol. The molecule has 264 valence electrons. The molecule has 0 radical (unpaired) electrons. The molecule has 0 aliphatic heterocycles. The van der Waals surface area contributed by atoms with Gasteiger partial charge < -0.3 is 0 Å². The van der Waals surface area contributed by atoms with Gasteiger partial charge in [0.2, 0.25) is 23.3 Å². The van der Waals surface area contributed by atoms with Crippen LogP contribution in [0.25, 0.3) is 22.3 Å². The standard InChI is InChI=1S/C30H4F20/c31-11-7(12(32)20(40)27(47)19(11)39)3-1-4(8-13(33)21(41)28(48)22(42)14(8)34)6(10-17(37)25(45)30(50)26(46)18(10)38)2-5(3)9-15(35)23(43)29(49)24(44)16(9)36/h1-2H2. The molecule has 0 spiro atoms. The monoisotopic (exact) mass is 744 g/mol. The lowest BCUT2D eigenvalue weighted by atomic mass is 9.75. The van der Waals surface area contributed by atoms with E-state index in [-0.39, 0.29) is 0 Å². The zero-order chi connectivity index (χ0) is 37.6. The van der Waals surface area contributed by atoms with Crippen LogP contribution in [0, 0.1) is 116 Å². The average molecular weight is 744 g/mol. The lowest BCUT2D eigenvalue weighted by Gasteiger charge is -2.29. The smallest absolute Gasteiger partial charge is 0.200 e. The van der Waals surface area contributed by atoms with E-state index in [1.54, 1.807) is 0 Å². The number of allylic oxidation sites excluding steroid dienone is 4. The molecule has 0 heterocycles. The second-order valence-corrected chi connectivity index (χ2v) is 10.0. The maximum Gasteiger partial charge on any atom is 0.200 e. The fraction of sp³-hybridized carbons (Fsp3) is 0.0667. The molecular weight excluding hydrogens is 740 g/mol. The Morgan fingerprint density at radius 2 is 0.260 bits per heavy atom. The molecule has 4 aromatic rings. The van der Waals surface area contributed by atoms with E-state index in [4.69, 9.17) is 0 Å². The molecule has 0 amide bonds. The first-order valence-corrected chi connectivity index (χ1v) is 12.7. The maximum absolute atomic E-state index is 15.1. The first kappa shape index (κ1) is 36.2. The van der Waals surface area contributed by atoms with Crippen LogP contribution in [-0.2, 0) is 0 Å². The number of hydrogen-bond donors (Lipinski definition) is 0. The van der Waals surface area contributed by atoms with Crippen LogP contribution in [0.5, 0.6) is 0 Å². The molecule has 0 bridgehead atoms. The predicted octanol–water partition coefficient (Wildman–Crippen LogP) is 10.8. The minimum absolute atomic E-state index is 1.98. The third-order valence-electron chi connectivity index (χ3n) is 7.48. The van der Waals surface area contributed by atoms with Gasteiger partial charge in [0.1, 0.15) is 0 Å². The van der Waals surface area contributed by atoms with Gasteiger partial charge in [0.05, 0.1) is 22.3 Å². The van der Waals surface area contributed by atoms with E-state index in [9.17, 15) is 52.7 Å². The molecule has 0 atom stereocenters. The highest BCUT2D eigenvalue weighted by molar-refractivity contribution is 6.09. The highest BCUT2D eigenvalue weighted by Crippen LogP contribution is 2.52. The van der Waals surface area contributed by atoms with Gasteiger partial charge in [0, 0.05) is 0 Å². The molecule has 0 aromatic heterocycles. The summed E-state index contributed by atoms with van der Waals surface area (Å²) in [5, 5.41) is 0. The van der Waals surface area contributed by atoms with Gasteiger partial charge in [-0.3, -0.25) is 0 Å².